The standard InChI is InChI=1S/C4H7NO4.Na.H2O/c5-2(4(8)9)1-3(6)7;;/h2H,1,5H2,(H,6,7)(H,8,9);;1H2/q;+1;/p-1. The molecule has 7 heteroatoms. The molecule has 11 heavy (non-hydrogen) atoms. The van der Waals surface area contributed by atoms with E-state index in [1.807, 2.05) is 0 Å². The number of hydrogen-bond acceptors (Lipinski definition) is 4. The van der Waals surface area contributed by atoms with Crippen molar-refractivity contribution in [2.45, 2.75) is 12.5 Å². The van der Waals surface area contributed by atoms with Crippen molar-refractivity contribution in [1.29, 1.82) is 0 Å². The van der Waals surface area contributed by atoms with Gasteiger partial charge in [-0.1, -0.05) is 0 Å². The summed E-state index contributed by atoms with van der Waals surface area (Å²) in [6.45, 7) is 0. The van der Waals surface area contributed by atoms with E-state index in [1.54, 1.807) is 0 Å². The molecule has 0 aliphatic carbocycles. The number of aliphatic carboxylic acids is 2. The summed E-state index contributed by atoms with van der Waals surface area (Å²) >= 11 is 0. The predicted molar refractivity (Wildman–Crippen MR) is 28.8 cm³/mol. The molecule has 0 aliphatic heterocycles. The minimum Gasteiger partial charge on any atom is -0.548 e. The second kappa shape index (κ2) is 7.96. The van der Waals surface area contributed by atoms with Gasteiger partial charge < -0.3 is 26.2 Å². The molecule has 5 N–H and O–H groups in total. The fraction of sp³-hybridized carbons (Fsp3) is 0.500. The largest absolute Gasteiger partial charge is 1.00 e. The maximum Gasteiger partial charge on any atom is 1.00 e. The van der Waals surface area contributed by atoms with E-state index in [4.69, 9.17) is 10.8 Å². The molecular formula is C4H8NNaO5. The van der Waals surface area contributed by atoms with Crippen molar-refractivity contribution >= 4 is 11.9 Å². The van der Waals surface area contributed by atoms with Crippen molar-refractivity contribution in [3.8, 4) is 0 Å². The van der Waals surface area contributed by atoms with E-state index in [9.17, 15) is 14.7 Å². The Bertz CT molecular complexity index is 138. The van der Waals surface area contributed by atoms with Gasteiger partial charge >= 0.3 is 35.5 Å². The van der Waals surface area contributed by atoms with E-state index >= 15 is 0 Å². The van der Waals surface area contributed by atoms with Gasteiger partial charge in [-0.05, 0) is 0 Å². The molecule has 0 aromatic carbocycles. The summed E-state index contributed by atoms with van der Waals surface area (Å²) in [6, 6.07) is -1.40. The molecule has 0 aromatic rings. The Hall–Kier alpha value is -0.140. The first-order valence-electron chi connectivity index (χ1n) is 2.22. The van der Waals surface area contributed by atoms with Crippen molar-refractivity contribution in [1.82, 2.24) is 0 Å². The van der Waals surface area contributed by atoms with Gasteiger partial charge in [0.1, 0.15) is 0 Å². The molecule has 0 heterocycles. The van der Waals surface area contributed by atoms with Gasteiger partial charge in [-0.25, -0.2) is 0 Å². The number of hydrogen-bond donors (Lipinski definition) is 2. The first kappa shape index (κ1) is 17.1. The van der Waals surface area contributed by atoms with Crippen LogP contribution in [-0.4, -0.2) is 28.6 Å². The van der Waals surface area contributed by atoms with Crippen molar-refractivity contribution < 1.29 is 54.8 Å². The Morgan fingerprint density at radius 2 is 1.91 bits per heavy atom. The molecular weight excluding hydrogens is 165 g/mol. The third-order valence-corrected chi connectivity index (χ3v) is 0.697. The smallest absolute Gasteiger partial charge is 0.548 e. The maximum absolute atomic E-state index is 9.74. The Labute approximate surface area is 85.0 Å². The molecule has 0 rings (SSSR count). The fourth-order valence-electron chi connectivity index (χ4n) is 0.271. The summed E-state index contributed by atoms with van der Waals surface area (Å²) in [5, 5.41) is 17.7. The van der Waals surface area contributed by atoms with Crippen LogP contribution in [0.5, 0.6) is 0 Å². The predicted octanol–water partition coefficient (Wildman–Crippen LogP) is -6.28. The number of carboxylic acid groups (broad SMARTS) is 2. The Morgan fingerprint density at radius 3 is 2.00 bits per heavy atom. The maximum atomic E-state index is 9.74. The van der Waals surface area contributed by atoms with Crippen molar-refractivity contribution in [2.24, 2.45) is 5.73 Å². The first-order valence-corrected chi connectivity index (χ1v) is 2.22. The van der Waals surface area contributed by atoms with Crippen LogP contribution in [0.15, 0.2) is 0 Å². The van der Waals surface area contributed by atoms with E-state index in [0.29, 0.717) is 0 Å². The molecule has 0 bridgehead atoms. The third kappa shape index (κ3) is 9.86. The average Bonchev–Trinajstić information content (AvgIpc) is 1.63. The van der Waals surface area contributed by atoms with Gasteiger partial charge in [0.2, 0.25) is 0 Å². The van der Waals surface area contributed by atoms with Gasteiger partial charge in [-0.15, -0.1) is 0 Å². The second-order valence-electron chi connectivity index (χ2n) is 1.52. The fourth-order valence-corrected chi connectivity index (χ4v) is 0.271. The van der Waals surface area contributed by atoms with Crippen molar-refractivity contribution in [2.75, 3.05) is 0 Å². The molecule has 0 amide bonds. The zero-order valence-electron chi connectivity index (χ0n) is 6.03. The van der Waals surface area contributed by atoms with E-state index < -0.39 is 24.4 Å². The average molecular weight is 173 g/mol. The Kier molecular flexibility index (Phi) is 12.4. The summed E-state index contributed by atoms with van der Waals surface area (Å²) in [5.41, 5.74) is 4.77. The molecule has 0 saturated heterocycles. The van der Waals surface area contributed by atoms with Crippen LogP contribution in [0.4, 0.5) is 0 Å². The number of carbonyl (C=O) groups excluding carboxylic acids is 1. The molecule has 0 radical (unpaired) electrons. The van der Waals surface area contributed by atoms with Crippen molar-refractivity contribution in [3.05, 3.63) is 0 Å². The summed E-state index contributed by atoms with van der Waals surface area (Å²) in [6.07, 6.45) is -0.595. The normalized spacial score (nSPS) is 10.3. The zero-order valence-corrected chi connectivity index (χ0v) is 8.03. The van der Waals surface area contributed by atoms with Crippen LogP contribution in [0.1, 0.15) is 6.42 Å². The van der Waals surface area contributed by atoms with Gasteiger partial charge in [-0.2, -0.15) is 0 Å². The first-order chi connectivity index (χ1) is 4.04. The van der Waals surface area contributed by atoms with Crippen LogP contribution < -0.4 is 40.4 Å². The zero-order chi connectivity index (χ0) is 7.44. The summed E-state index contributed by atoms with van der Waals surface area (Å²) in [7, 11) is 0. The van der Waals surface area contributed by atoms with E-state index in [1.165, 1.54) is 0 Å². The van der Waals surface area contributed by atoms with E-state index in [2.05, 4.69) is 0 Å². The minimum absolute atomic E-state index is 0. The molecule has 0 saturated carbocycles. The van der Waals surface area contributed by atoms with Crippen molar-refractivity contribution in [3.63, 3.8) is 0 Å². The summed E-state index contributed by atoms with van der Waals surface area (Å²) in [4.78, 5) is 19.5. The molecule has 1 unspecified atom stereocenters. The number of rotatable bonds is 3. The number of carbonyl (C=O) groups is 2. The van der Waals surface area contributed by atoms with Crippen LogP contribution in [-0.2, 0) is 9.59 Å². The summed E-state index contributed by atoms with van der Waals surface area (Å²) < 4.78 is 0. The second-order valence-corrected chi connectivity index (χ2v) is 1.52. The SMILES string of the molecule is NC(CC(=O)O)C(=O)[O-].O.[Na+]. The van der Waals surface area contributed by atoms with E-state index in [0.717, 1.165) is 0 Å². The van der Waals surface area contributed by atoms with Crippen LogP contribution in [0.3, 0.4) is 0 Å². The monoisotopic (exact) mass is 173 g/mol. The molecule has 1 atom stereocenters. The minimum atomic E-state index is -1.54. The number of nitrogens with two attached hydrogens (primary N) is 1. The quantitative estimate of drug-likeness (QED) is 0.409. The van der Waals surface area contributed by atoms with Gasteiger partial charge in [0.25, 0.3) is 0 Å². The molecule has 0 spiro atoms. The molecule has 0 aliphatic rings. The Balaban J connectivity index is -0.000000320. The van der Waals surface area contributed by atoms with Crippen LogP contribution in [0, 0.1) is 0 Å². The number of carboxylic acids is 2. The van der Waals surface area contributed by atoms with Gasteiger partial charge in [-0.3, -0.25) is 4.79 Å². The third-order valence-electron chi connectivity index (χ3n) is 0.697. The Morgan fingerprint density at radius 1 is 1.55 bits per heavy atom. The molecule has 0 aromatic heterocycles. The molecule has 60 valence electrons. The van der Waals surface area contributed by atoms with Crippen LogP contribution in [0.25, 0.3) is 0 Å². The van der Waals surface area contributed by atoms with Gasteiger partial charge in [0, 0.05) is 0 Å². The topological polar surface area (TPSA) is 135 Å². The molecule has 0 fully saturated rings. The van der Waals surface area contributed by atoms with Crippen LogP contribution >= 0.6 is 0 Å². The van der Waals surface area contributed by atoms with Gasteiger partial charge in [0.05, 0.1) is 18.4 Å². The van der Waals surface area contributed by atoms with E-state index in [-0.39, 0.29) is 35.0 Å². The summed E-state index contributed by atoms with van der Waals surface area (Å²) in [5.74, 6) is -2.79. The van der Waals surface area contributed by atoms with Crippen LogP contribution in [0.2, 0.25) is 0 Å². The van der Waals surface area contributed by atoms with Gasteiger partial charge in [0.15, 0.2) is 0 Å². The molecule has 6 nitrogen and oxygen atoms in total.